The number of nitrogens with two attached hydrogens (primary N) is 1. The van der Waals surface area contributed by atoms with E-state index in [9.17, 15) is 4.39 Å². The lowest BCUT2D eigenvalue weighted by atomic mass is 10.0. The fraction of sp³-hybridized carbons (Fsp3) is 0.400. The molecule has 3 N–H and O–H groups in total. The van der Waals surface area contributed by atoms with Gasteiger partial charge in [-0.15, -0.1) is 12.4 Å². The zero-order valence-corrected chi connectivity index (χ0v) is 8.64. The van der Waals surface area contributed by atoms with Gasteiger partial charge in [0.15, 0.2) is 0 Å². The van der Waals surface area contributed by atoms with Gasteiger partial charge in [-0.05, 0) is 30.5 Å². The van der Waals surface area contributed by atoms with Gasteiger partial charge < -0.3 is 10.8 Å². The Hall–Kier alpha value is -0.640. The Morgan fingerprint density at radius 2 is 2.14 bits per heavy atom. The van der Waals surface area contributed by atoms with Crippen molar-refractivity contribution < 1.29 is 9.50 Å². The minimum atomic E-state index is -0.267. The molecule has 0 fully saturated rings. The lowest BCUT2D eigenvalue weighted by Gasteiger charge is -2.10. The summed E-state index contributed by atoms with van der Waals surface area (Å²) in [7, 11) is 0. The molecule has 1 aromatic rings. The first kappa shape index (κ1) is 13.4. The third kappa shape index (κ3) is 4.05. The van der Waals surface area contributed by atoms with E-state index in [1.807, 2.05) is 0 Å². The maximum atomic E-state index is 12.7. The molecule has 0 aromatic heterocycles. The van der Waals surface area contributed by atoms with Crippen LogP contribution in [0.4, 0.5) is 4.39 Å². The molecule has 0 aliphatic rings. The first-order valence-electron chi connectivity index (χ1n) is 4.36. The van der Waals surface area contributed by atoms with Gasteiger partial charge >= 0.3 is 0 Å². The molecule has 0 spiro atoms. The van der Waals surface area contributed by atoms with Gasteiger partial charge in [0, 0.05) is 12.6 Å². The molecule has 0 saturated carbocycles. The monoisotopic (exact) mass is 219 g/mol. The molecule has 0 radical (unpaired) electrons. The minimum absolute atomic E-state index is 0. The second-order valence-corrected chi connectivity index (χ2v) is 3.03. The minimum Gasteiger partial charge on any atom is -0.396 e. The van der Waals surface area contributed by atoms with E-state index in [1.54, 1.807) is 12.1 Å². The molecule has 0 saturated heterocycles. The highest BCUT2D eigenvalue weighted by atomic mass is 35.5. The Balaban J connectivity index is 0.00000169. The molecule has 0 aliphatic heterocycles. The van der Waals surface area contributed by atoms with Crippen molar-refractivity contribution in [3.05, 3.63) is 35.6 Å². The highest BCUT2D eigenvalue weighted by molar-refractivity contribution is 5.85. The van der Waals surface area contributed by atoms with Gasteiger partial charge in [-0.25, -0.2) is 4.39 Å². The fourth-order valence-corrected chi connectivity index (χ4v) is 1.22. The van der Waals surface area contributed by atoms with Crippen LogP contribution >= 0.6 is 12.4 Å². The van der Waals surface area contributed by atoms with Gasteiger partial charge in [0.2, 0.25) is 0 Å². The van der Waals surface area contributed by atoms with Gasteiger partial charge in [0.05, 0.1) is 0 Å². The molecule has 1 aromatic carbocycles. The molecule has 80 valence electrons. The van der Waals surface area contributed by atoms with Gasteiger partial charge in [0.1, 0.15) is 5.82 Å². The van der Waals surface area contributed by atoms with Crippen molar-refractivity contribution in [3.8, 4) is 0 Å². The quantitative estimate of drug-likeness (QED) is 0.814. The molecule has 1 atom stereocenters. The molecule has 0 bridgehead atoms. The van der Waals surface area contributed by atoms with E-state index in [0.717, 1.165) is 5.56 Å². The van der Waals surface area contributed by atoms with Crippen LogP contribution in [0.1, 0.15) is 24.4 Å². The number of aliphatic hydroxyl groups excluding tert-OH is 1. The third-order valence-corrected chi connectivity index (χ3v) is 1.95. The Bertz CT molecular complexity index is 270. The van der Waals surface area contributed by atoms with Crippen molar-refractivity contribution in [1.82, 2.24) is 0 Å². The summed E-state index contributed by atoms with van der Waals surface area (Å²) in [4.78, 5) is 0. The average molecular weight is 220 g/mol. The highest BCUT2D eigenvalue weighted by Crippen LogP contribution is 2.15. The number of rotatable bonds is 4. The molecule has 2 nitrogen and oxygen atoms in total. The summed E-state index contributed by atoms with van der Waals surface area (Å²) in [5, 5.41) is 8.59. The van der Waals surface area contributed by atoms with Crippen LogP contribution in [0, 0.1) is 5.82 Å². The molecule has 0 heterocycles. The second-order valence-electron chi connectivity index (χ2n) is 3.03. The van der Waals surface area contributed by atoms with Crippen LogP contribution in [0.25, 0.3) is 0 Å². The van der Waals surface area contributed by atoms with Gasteiger partial charge in [-0.3, -0.25) is 0 Å². The molecular formula is C10H15ClFNO. The second kappa shape index (κ2) is 6.76. The van der Waals surface area contributed by atoms with Gasteiger partial charge in [0.25, 0.3) is 0 Å². The van der Waals surface area contributed by atoms with Crippen LogP contribution in [0.3, 0.4) is 0 Å². The van der Waals surface area contributed by atoms with Crippen molar-refractivity contribution in [1.29, 1.82) is 0 Å². The summed E-state index contributed by atoms with van der Waals surface area (Å²) >= 11 is 0. The predicted octanol–water partition coefficient (Wildman–Crippen LogP) is 2.02. The van der Waals surface area contributed by atoms with E-state index in [1.165, 1.54) is 12.1 Å². The fourth-order valence-electron chi connectivity index (χ4n) is 1.22. The Kier molecular flexibility index (Phi) is 6.45. The normalized spacial score (nSPS) is 11.9. The molecule has 4 heteroatoms. The van der Waals surface area contributed by atoms with Crippen molar-refractivity contribution in [3.63, 3.8) is 0 Å². The van der Waals surface area contributed by atoms with Crippen LogP contribution in [-0.4, -0.2) is 11.7 Å². The van der Waals surface area contributed by atoms with E-state index >= 15 is 0 Å². The smallest absolute Gasteiger partial charge is 0.123 e. The summed E-state index contributed by atoms with van der Waals surface area (Å²) in [5.41, 5.74) is 6.56. The third-order valence-electron chi connectivity index (χ3n) is 1.95. The first-order valence-corrected chi connectivity index (χ1v) is 4.36. The zero-order chi connectivity index (χ0) is 9.68. The van der Waals surface area contributed by atoms with Crippen LogP contribution in [0.2, 0.25) is 0 Å². The van der Waals surface area contributed by atoms with Gasteiger partial charge in [-0.1, -0.05) is 12.1 Å². The van der Waals surface area contributed by atoms with E-state index < -0.39 is 0 Å². The predicted molar refractivity (Wildman–Crippen MR) is 56.9 cm³/mol. The molecule has 0 unspecified atom stereocenters. The van der Waals surface area contributed by atoms with Crippen LogP contribution in [0.15, 0.2) is 24.3 Å². The van der Waals surface area contributed by atoms with Crippen LogP contribution in [-0.2, 0) is 0 Å². The summed E-state index contributed by atoms with van der Waals surface area (Å²) < 4.78 is 12.7. The van der Waals surface area contributed by atoms with Crippen molar-refractivity contribution in [2.24, 2.45) is 5.73 Å². The molecular weight excluding hydrogens is 205 g/mol. The lowest BCUT2D eigenvalue weighted by Crippen LogP contribution is -2.10. The van der Waals surface area contributed by atoms with E-state index in [0.29, 0.717) is 12.8 Å². The molecule has 0 amide bonds. The molecule has 1 rings (SSSR count). The first-order chi connectivity index (χ1) is 6.24. The zero-order valence-electron chi connectivity index (χ0n) is 7.82. The van der Waals surface area contributed by atoms with E-state index in [4.69, 9.17) is 10.8 Å². The maximum Gasteiger partial charge on any atom is 0.123 e. The molecule has 0 aliphatic carbocycles. The summed E-state index contributed by atoms with van der Waals surface area (Å²) in [6, 6.07) is 6.08. The lowest BCUT2D eigenvalue weighted by molar-refractivity contribution is 0.280. The average Bonchev–Trinajstić information content (AvgIpc) is 2.14. The van der Waals surface area contributed by atoms with Crippen LogP contribution in [0.5, 0.6) is 0 Å². The topological polar surface area (TPSA) is 46.2 Å². The number of benzene rings is 1. The van der Waals surface area contributed by atoms with E-state index in [-0.39, 0.29) is 30.9 Å². The summed E-state index contributed by atoms with van der Waals surface area (Å²) in [6.07, 6.45) is 1.33. The van der Waals surface area contributed by atoms with Crippen molar-refractivity contribution >= 4 is 12.4 Å². The van der Waals surface area contributed by atoms with Crippen molar-refractivity contribution in [2.45, 2.75) is 18.9 Å². The standard InChI is InChI=1S/C10H14FNO.ClH/c11-9-4-1-3-8(7-9)10(12)5-2-6-13;/h1,3-4,7,10,13H,2,5-6,12H2;1H/t10-;/m0./s1. The largest absolute Gasteiger partial charge is 0.396 e. The number of hydrogen-bond acceptors (Lipinski definition) is 2. The number of halogens is 2. The summed E-state index contributed by atoms with van der Waals surface area (Å²) in [5.74, 6) is -0.267. The Morgan fingerprint density at radius 3 is 2.71 bits per heavy atom. The summed E-state index contributed by atoms with van der Waals surface area (Å²) in [6.45, 7) is 0.128. The number of hydrogen-bond donors (Lipinski definition) is 2. The van der Waals surface area contributed by atoms with E-state index in [2.05, 4.69) is 0 Å². The Morgan fingerprint density at radius 1 is 1.43 bits per heavy atom. The van der Waals surface area contributed by atoms with Crippen LogP contribution < -0.4 is 5.73 Å². The molecule has 14 heavy (non-hydrogen) atoms. The van der Waals surface area contributed by atoms with Gasteiger partial charge in [-0.2, -0.15) is 0 Å². The SMILES string of the molecule is Cl.N[C@@H](CCCO)c1cccc(F)c1. The Labute approximate surface area is 89.3 Å². The maximum absolute atomic E-state index is 12.7. The highest BCUT2D eigenvalue weighted by Gasteiger charge is 2.05. The van der Waals surface area contributed by atoms with Crippen molar-refractivity contribution in [2.75, 3.05) is 6.61 Å². The number of aliphatic hydroxyl groups is 1.